The Morgan fingerprint density at radius 3 is 1.42 bits per heavy atom. The maximum Gasteiger partial charge on any atom is 0.0971 e. The molecule has 1 nitrogen and oxygen atoms in total. The number of allylic oxidation sites excluding steroid dienone is 2. The molecule has 0 radical (unpaired) electrons. The maximum atomic E-state index is 10.8. The highest BCUT2D eigenvalue weighted by Gasteiger charge is 2.39. The molecule has 1 heteroatoms. The smallest absolute Gasteiger partial charge is 0.0971 e. The Labute approximate surface area is 119 Å². The SMILES string of the molecule is CCC1(CC)C=C(C(C)(C)C)C(O)C(C(C)(C)C)=C1. The van der Waals surface area contributed by atoms with Crippen LogP contribution in [-0.4, -0.2) is 11.2 Å². The summed E-state index contributed by atoms with van der Waals surface area (Å²) in [5.74, 6) is 0. The van der Waals surface area contributed by atoms with Gasteiger partial charge in [-0.05, 0) is 34.8 Å². The second kappa shape index (κ2) is 5.09. The largest absolute Gasteiger partial charge is 0.384 e. The zero-order valence-corrected chi connectivity index (χ0v) is 14.1. The van der Waals surface area contributed by atoms with Crippen LogP contribution >= 0.6 is 0 Å². The van der Waals surface area contributed by atoms with Crippen LogP contribution in [0.15, 0.2) is 23.3 Å². The van der Waals surface area contributed by atoms with E-state index in [4.69, 9.17) is 0 Å². The molecule has 0 aromatic heterocycles. The van der Waals surface area contributed by atoms with Gasteiger partial charge in [-0.1, -0.05) is 67.5 Å². The fourth-order valence-electron chi connectivity index (χ4n) is 2.90. The third kappa shape index (κ3) is 3.31. The van der Waals surface area contributed by atoms with Crippen LogP contribution in [0.3, 0.4) is 0 Å². The highest BCUT2D eigenvalue weighted by Crippen LogP contribution is 2.47. The molecular formula is C18H32O. The van der Waals surface area contributed by atoms with E-state index >= 15 is 0 Å². The Morgan fingerprint density at radius 2 is 1.21 bits per heavy atom. The van der Waals surface area contributed by atoms with Crippen LogP contribution in [-0.2, 0) is 0 Å². The molecule has 1 N–H and O–H groups in total. The quantitative estimate of drug-likeness (QED) is 0.687. The minimum absolute atomic E-state index is 0.0137. The maximum absolute atomic E-state index is 10.8. The molecule has 0 spiro atoms. The Bertz CT molecular complexity index is 347. The van der Waals surface area contributed by atoms with Crippen molar-refractivity contribution in [1.82, 2.24) is 0 Å². The van der Waals surface area contributed by atoms with E-state index in [9.17, 15) is 5.11 Å². The van der Waals surface area contributed by atoms with Crippen LogP contribution in [0.2, 0.25) is 0 Å². The van der Waals surface area contributed by atoms with Crippen LogP contribution in [0.5, 0.6) is 0 Å². The van der Waals surface area contributed by atoms with E-state index in [1.54, 1.807) is 0 Å². The number of rotatable bonds is 2. The van der Waals surface area contributed by atoms with Gasteiger partial charge in [-0.15, -0.1) is 0 Å². The summed E-state index contributed by atoms with van der Waals surface area (Å²) >= 11 is 0. The van der Waals surface area contributed by atoms with Crippen molar-refractivity contribution in [3.8, 4) is 0 Å². The minimum Gasteiger partial charge on any atom is -0.384 e. The van der Waals surface area contributed by atoms with Crippen molar-refractivity contribution < 1.29 is 5.11 Å². The lowest BCUT2D eigenvalue weighted by Crippen LogP contribution is -2.36. The Kier molecular flexibility index (Phi) is 4.42. The summed E-state index contributed by atoms with van der Waals surface area (Å²) in [7, 11) is 0. The van der Waals surface area contributed by atoms with Gasteiger partial charge in [0.1, 0.15) is 0 Å². The number of aliphatic hydroxyl groups excluding tert-OH is 1. The first kappa shape index (κ1) is 16.5. The number of hydrogen-bond acceptors (Lipinski definition) is 1. The Hall–Kier alpha value is -0.560. The fourth-order valence-corrected chi connectivity index (χ4v) is 2.90. The molecule has 0 unspecified atom stereocenters. The van der Waals surface area contributed by atoms with E-state index in [0.717, 1.165) is 12.8 Å². The monoisotopic (exact) mass is 264 g/mol. The molecule has 0 fully saturated rings. The molecular weight excluding hydrogens is 232 g/mol. The van der Waals surface area contributed by atoms with Gasteiger partial charge in [-0.2, -0.15) is 0 Å². The fraction of sp³-hybridized carbons (Fsp3) is 0.778. The topological polar surface area (TPSA) is 20.2 Å². The molecule has 1 rings (SSSR count). The molecule has 1 aliphatic rings. The van der Waals surface area contributed by atoms with Crippen molar-refractivity contribution in [3.63, 3.8) is 0 Å². The zero-order chi connectivity index (χ0) is 15.1. The van der Waals surface area contributed by atoms with Gasteiger partial charge in [-0.3, -0.25) is 0 Å². The molecule has 0 amide bonds. The van der Waals surface area contributed by atoms with E-state index in [0.29, 0.717) is 0 Å². The van der Waals surface area contributed by atoms with Crippen LogP contribution < -0.4 is 0 Å². The van der Waals surface area contributed by atoms with E-state index in [1.807, 2.05) is 0 Å². The lowest BCUT2D eigenvalue weighted by molar-refractivity contribution is 0.180. The summed E-state index contributed by atoms with van der Waals surface area (Å²) in [5, 5.41) is 10.8. The van der Waals surface area contributed by atoms with Crippen molar-refractivity contribution in [3.05, 3.63) is 23.3 Å². The standard InChI is InChI=1S/C18H32O/c1-9-18(10-2)11-13(16(3,4)5)15(19)14(12-18)17(6,7)8/h11-12,15,19H,9-10H2,1-8H3. The first-order valence-corrected chi connectivity index (χ1v) is 7.61. The van der Waals surface area contributed by atoms with Gasteiger partial charge >= 0.3 is 0 Å². The highest BCUT2D eigenvalue weighted by atomic mass is 16.3. The summed E-state index contributed by atoms with van der Waals surface area (Å²) in [6, 6.07) is 0. The third-order valence-corrected chi connectivity index (χ3v) is 4.52. The van der Waals surface area contributed by atoms with Crippen molar-refractivity contribution in [2.75, 3.05) is 0 Å². The molecule has 0 aromatic rings. The van der Waals surface area contributed by atoms with Gasteiger partial charge in [0.15, 0.2) is 0 Å². The van der Waals surface area contributed by atoms with E-state index in [-0.39, 0.29) is 16.2 Å². The van der Waals surface area contributed by atoms with Crippen LogP contribution in [0, 0.1) is 16.2 Å². The average Bonchev–Trinajstić information content (AvgIpc) is 2.27. The number of aliphatic hydroxyl groups is 1. The summed E-state index contributed by atoms with van der Waals surface area (Å²) in [6.45, 7) is 17.7. The van der Waals surface area contributed by atoms with Gasteiger partial charge in [-0.25, -0.2) is 0 Å². The second-order valence-electron chi connectivity index (χ2n) is 8.04. The molecule has 0 aliphatic heterocycles. The van der Waals surface area contributed by atoms with Crippen molar-refractivity contribution >= 4 is 0 Å². The lowest BCUT2D eigenvalue weighted by atomic mass is 9.64. The predicted molar refractivity (Wildman–Crippen MR) is 84.1 cm³/mol. The summed E-state index contributed by atoms with van der Waals surface area (Å²) in [4.78, 5) is 0. The minimum atomic E-state index is -0.425. The van der Waals surface area contributed by atoms with Crippen molar-refractivity contribution in [1.29, 1.82) is 0 Å². The van der Waals surface area contributed by atoms with E-state index in [2.05, 4.69) is 67.5 Å². The van der Waals surface area contributed by atoms with Gasteiger partial charge in [0.05, 0.1) is 6.10 Å². The van der Waals surface area contributed by atoms with E-state index in [1.165, 1.54) is 11.1 Å². The first-order chi connectivity index (χ1) is 8.47. The lowest BCUT2D eigenvalue weighted by Gasteiger charge is -2.42. The number of hydrogen-bond donors (Lipinski definition) is 1. The molecule has 110 valence electrons. The van der Waals surface area contributed by atoms with Crippen LogP contribution in [0.25, 0.3) is 0 Å². The summed E-state index contributed by atoms with van der Waals surface area (Å²) in [6.07, 6.45) is 6.44. The molecule has 19 heavy (non-hydrogen) atoms. The normalized spacial score (nSPS) is 21.1. The van der Waals surface area contributed by atoms with Gasteiger partial charge in [0, 0.05) is 5.41 Å². The summed E-state index contributed by atoms with van der Waals surface area (Å²) < 4.78 is 0. The van der Waals surface area contributed by atoms with Crippen LogP contribution in [0.4, 0.5) is 0 Å². The molecule has 0 atom stereocenters. The highest BCUT2D eigenvalue weighted by molar-refractivity contribution is 5.39. The molecule has 1 aliphatic carbocycles. The van der Waals surface area contributed by atoms with Gasteiger partial charge in [0.25, 0.3) is 0 Å². The molecule has 0 saturated carbocycles. The molecule has 0 heterocycles. The molecule has 0 saturated heterocycles. The molecule has 0 aromatic carbocycles. The van der Waals surface area contributed by atoms with Gasteiger partial charge < -0.3 is 5.11 Å². The van der Waals surface area contributed by atoms with Crippen molar-refractivity contribution in [2.45, 2.75) is 74.3 Å². The second-order valence-corrected chi connectivity index (χ2v) is 8.04. The third-order valence-electron chi connectivity index (χ3n) is 4.52. The van der Waals surface area contributed by atoms with Crippen LogP contribution in [0.1, 0.15) is 68.2 Å². The average molecular weight is 264 g/mol. The van der Waals surface area contributed by atoms with E-state index < -0.39 is 6.10 Å². The Morgan fingerprint density at radius 1 is 0.895 bits per heavy atom. The zero-order valence-electron chi connectivity index (χ0n) is 14.1. The first-order valence-electron chi connectivity index (χ1n) is 7.61. The predicted octanol–water partition coefficient (Wildman–Crippen LogP) is 5.11. The summed E-state index contributed by atoms with van der Waals surface area (Å²) in [5.41, 5.74) is 2.51. The Balaban J connectivity index is 3.42. The van der Waals surface area contributed by atoms with Gasteiger partial charge in [0.2, 0.25) is 0 Å². The van der Waals surface area contributed by atoms with Crippen molar-refractivity contribution in [2.24, 2.45) is 16.2 Å². The molecule has 0 bridgehead atoms.